The van der Waals surface area contributed by atoms with E-state index in [1.165, 1.54) is 0 Å². The van der Waals surface area contributed by atoms with Crippen molar-refractivity contribution in [3.05, 3.63) is 17.5 Å². The molecule has 1 aromatic rings. The van der Waals surface area contributed by atoms with Gasteiger partial charge in [-0.05, 0) is 32.6 Å². The van der Waals surface area contributed by atoms with Crippen LogP contribution in [0.2, 0.25) is 0 Å². The Labute approximate surface area is 156 Å². The average Bonchev–Trinajstić information content (AvgIpc) is 3.27. The fraction of sp³-hybridized carbons (Fsp3) is 0.737. The van der Waals surface area contributed by atoms with Gasteiger partial charge in [0.15, 0.2) is 11.7 Å². The molecule has 2 heterocycles. The smallest absolute Gasteiger partial charge is 0.222 e. The van der Waals surface area contributed by atoms with Crippen LogP contribution < -0.4 is 10.6 Å². The first-order chi connectivity index (χ1) is 12.7. The van der Waals surface area contributed by atoms with E-state index in [-0.39, 0.29) is 5.91 Å². The van der Waals surface area contributed by atoms with Gasteiger partial charge in [-0.3, -0.25) is 4.79 Å². The molecule has 26 heavy (non-hydrogen) atoms. The fourth-order valence-corrected chi connectivity index (χ4v) is 3.22. The molecule has 1 aliphatic heterocycles. The molecule has 0 unspecified atom stereocenters. The highest BCUT2D eigenvalue weighted by Gasteiger charge is 2.19. The summed E-state index contributed by atoms with van der Waals surface area (Å²) in [4.78, 5) is 18.1. The maximum Gasteiger partial charge on any atom is 0.222 e. The van der Waals surface area contributed by atoms with Gasteiger partial charge in [-0.2, -0.15) is 0 Å². The molecule has 0 aliphatic carbocycles. The lowest BCUT2D eigenvalue weighted by molar-refractivity contribution is -0.127. The lowest BCUT2D eigenvalue weighted by atomic mass is 9.99. The number of carbonyl (C=O) groups is 1. The van der Waals surface area contributed by atoms with E-state index in [1.54, 1.807) is 0 Å². The van der Waals surface area contributed by atoms with Gasteiger partial charge >= 0.3 is 0 Å². The molecule has 1 aliphatic rings. The number of rotatable bonds is 10. The zero-order valence-electron chi connectivity index (χ0n) is 16.4. The predicted octanol–water partition coefficient (Wildman–Crippen LogP) is 2.65. The summed E-state index contributed by atoms with van der Waals surface area (Å²) in [5, 5.41) is 10.7. The molecule has 0 atom stereocenters. The van der Waals surface area contributed by atoms with E-state index in [4.69, 9.17) is 4.52 Å². The summed E-state index contributed by atoms with van der Waals surface area (Å²) in [6, 6.07) is 2.02. The van der Waals surface area contributed by atoms with Gasteiger partial charge in [0.05, 0.1) is 5.69 Å². The van der Waals surface area contributed by atoms with E-state index in [2.05, 4.69) is 34.6 Å². The Hall–Kier alpha value is -2.05. The third-order valence-electron chi connectivity index (χ3n) is 4.79. The topological polar surface area (TPSA) is 82.8 Å². The fourth-order valence-electron chi connectivity index (χ4n) is 3.22. The van der Waals surface area contributed by atoms with Gasteiger partial charge in [0, 0.05) is 44.6 Å². The molecule has 7 heteroatoms. The number of hydrogen-bond donors (Lipinski definition) is 2. The molecule has 2 rings (SSSR count). The summed E-state index contributed by atoms with van der Waals surface area (Å²) in [7, 11) is 0. The van der Waals surface area contributed by atoms with E-state index in [0.717, 1.165) is 69.3 Å². The van der Waals surface area contributed by atoms with Gasteiger partial charge in [0.1, 0.15) is 6.54 Å². The largest absolute Gasteiger partial charge is 0.359 e. The average molecular weight is 364 g/mol. The number of guanidine groups is 1. The number of aromatic nitrogens is 1. The molecule has 1 saturated heterocycles. The van der Waals surface area contributed by atoms with Crippen molar-refractivity contribution in [3.8, 4) is 0 Å². The van der Waals surface area contributed by atoms with Crippen LogP contribution in [-0.2, 0) is 11.3 Å². The molecule has 2 N–H and O–H groups in total. The molecule has 1 fully saturated rings. The minimum Gasteiger partial charge on any atom is -0.359 e. The molecule has 0 aromatic carbocycles. The molecule has 1 amide bonds. The van der Waals surface area contributed by atoms with Crippen LogP contribution in [0.3, 0.4) is 0 Å². The summed E-state index contributed by atoms with van der Waals surface area (Å²) in [5.41, 5.74) is 1.02. The Kier molecular flexibility index (Phi) is 8.44. The van der Waals surface area contributed by atoms with Crippen molar-refractivity contribution < 1.29 is 9.32 Å². The van der Waals surface area contributed by atoms with Crippen LogP contribution in [-0.4, -0.2) is 48.1 Å². The highest BCUT2D eigenvalue weighted by molar-refractivity contribution is 5.79. The number of aliphatic imine (C=N–C) groups is 1. The lowest BCUT2D eigenvalue weighted by Crippen LogP contribution is -2.39. The van der Waals surface area contributed by atoms with E-state index in [9.17, 15) is 4.79 Å². The Morgan fingerprint density at radius 3 is 2.81 bits per heavy atom. The molecule has 0 radical (unpaired) electrons. The van der Waals surface area contributed by atoms with Crippen molar-refractivity contribution in [1.82, 2.24) is 20.7 Å². The van der Waals surface area contributed by atoms with E-state index < -0.39 is 0 Å². The van der Waals surface area contributed by atoms with Gasteiger partial charge in [-0.15, -0.1) is 0 Å². The first-order valence-electron chi connectivity index (χ1n) is 9.93. The third kappa shape index (κ3) is 6.04. The standard InChI is InChI=1S/C19H33N5O2/c1-4-15(5-2)17-13-16(26-23-17)14-22-19(20-6-3)21-10-8-12-24-11-7-9-18(24)25/h13,15H,4-12,14H2,1-3H3,(H2,20,21,22). The number of hydrogen-bond acceptors (Lipinski definition) is 4. The molecule has 1 aromatic heterocycles. The highest BCUT2D eigenvalue weighted by Crippen LogP contribution is 2.22. The molecule has 0 saturated carbocycles. The minimum absolute atomic E-state index is 0.282. The maximum atomic E-state index is 11.6. The van der Waals surface area contributed by atoms with Gasteiger partial charge < -0.3 is 20.1 Å². The van der Waals surface area contributed by atoms with Crippen LogP contribution in [0.25, 0.3) is 0 Å². The third-order valence-corrected chi connectivity index (χ3v) is 4.79. The number of nitrogens with zero attached hydrogens (tertiary/aromatic N) is 3. The van der Waals surface area contributed by atoms with E-state index in [0.29, 0.717) is 18.9 Å². The number of amides is 1. The number of carbonyl (C=O) groups excluding carboxylic acids is 1. The van der Waals surface area contributed by atoms with Crippen molar-refractivity contribution in [3.63, 3.8) is 0 Å². The van der Waals surface area contributed by atoms with Crippen LogP contribution in [0.1, 0.15) is 70.2 Å². The van der Waals surface area contributed by atoms with Gasteiger partial charge in [-0.25, -0.2) is 4.99 Å². The molecule has 7 nitrogen and oxygen atoms in total. The quantitative estimate of drug-likeness (QED) is 0.379. The van der Waals surface area contributed by atoms with Gasteiger partial charge in [0.2, 0.25) is 5.91 Å². The Balaban J connectivity index is 1.79. The molecule has 146 valence electrons. The van der Waals surface area contributed by atoms with E-state index >= 15 is 0 Å². The Bertz CT molecular complexity index is 580. The summed E-state index contributed by atoms with van der Waals surface area (Å²) < 4.78 is 5.43. The number of nitrogens with one attached hydrogen (secondary N) is 2. The normalized spacial score (nSPS) is 15.2. The van der Waals surface area contributed by atoms with Crippen molar-refractivity contribution in [2.45, 2.75) is 65.3 Å². The second-order valence-corrected chi connectivity index (χ2v) is 6.69. The monoisotopic (exact) mass is 363 g/mol. The zero-order chi connectivity index (χ0) is 18.8. The first-order valence-corrected chi connectivity index (χ1v) is 9.93. The SMILES string of the molecule is CCNC(=NCc1cc(C(CC)CC)no1)NCCCN1CCCC1=O. The molecular formula is C19H33N5O2. The second kappa shape index (κ2) is 10.8. The van der Waals surface area contributed by atoms with Crippen LogP contribution in [0.15, 0.2) is 15.6 Å². The maximum absolute atomic E-state index is 11.6. The van der Waals surface area contributed by atoms with Crippen LogP contribution in [0.5, 0.6) is 0 Å². The number of likely N-dealkylation sites (tertiary alicyclic amines) is 1. The zero-order valence-corrected chi connectivity index (χ0v) is 16.4. The summed E-state index contributed by atoms with van der Waals surface area (Å²) >= 11 is 0. The van der Waals surface area contributed by atoms with Gasteiger partial charge in [0.25, 0.3) is 0 Å². The second-order valence-electron chi connectivity index (χ2n) is 6.69. The predicted molar refractivity (Wildman–Crippen MR) is 103 cm³/mol. The molecule has 0 bridgehead atoms. The first kappa shape index (κ1) is 20.3. The summed E-state index contributed by atoms with van der Waals surface area (Å²) in [6.07, 6.45) is 4.74. The van der Waals surface area contributed by atoms with Crippen LogP contribution in [0, 0.1) is 0 Å². The lowest BCUT2D eigenvalue weighted by Gasteiger charge is -2.16. The Morgan fingerprint density at radius 1 is 1.35 bits per heavy atom. The Morgan fingerprint density at radius 2 is 2.15 bits per heavy atom. The molecular weight excluding hydrogens is 330 g/mol. The van der Waals surface area contributed by atoms with E-state index in [1.807, 2.05) is 17.9 Å². The van der Waals surface area contributed by atoms with Crippen molar-refractivity contribution in [2.24, 2.45) is 4.99 Å². The highest BCUT2D eigenvalue weighted by atomic mass is 16.5. The van der Waals surface area contributed by atoms with Gasteiger partial charge in [-0.1, -0.05) is 19.0 Å². The summed E-state index contributed by atoms with van der Waals surface area (Å²) in [5.74, 6) is 2.28. The molecule has 0 spiro atoms. The van der Waals surface area contributed by atoms with Crippen LogP contribution >= 0.6 is 0 Å². The van der Waals surface area contributed by atoms with Crippen molar-refractivity contribution in [1.29, 1.82) is 0 Å². The van der Waals surface area contributed by atoms with Crippen molar-refractivity contribution >= 4 is 11.9 Å². The van der Waals surface area contributed by atoms with Crippen molar-refractivity contribution in [2.75, 3.05) is 26.2 Å². The minimum atomic E-state index is 0.282. The van der Waals surface area contributed by atoms with Crippen LogP contribution in [0.4, 0.5) is 0 Å². The summed E-state index contributed by atoms with van der Waals surface area (Å²) in [6.45, 7) is 10.1.